The molecule has 0 aromatic carbocycles. The van der Waals surface area contributed by atoms with E-state index >= 15 is 0 Å². The highest BCUT2D eigenvalue weighted by atomic mass is 32.1. The van der Waals surface area contributed by atoms with E-state index in [1.807, 2.05) is 30.5 Å². The van der Waals surface area contributed by atoms with Crippen molar-refractivity contribution in [1.29, 1.82) is 0 Å². The first-order valence-electron chi connectivity index (χ1n) is 8.10. The van der Waals surface area contributed by atoms with Gasteiger partial charge in [0.05, 0.1) is 17.0 Å². The molecule has 2 aromatic rings. The second-order valence-corrected chi connectivity index (χ2v) is 7.10. The van der Waals surface area contributed by atoms with Crippen molar-refractivity contribution in [2.45, 2.75) is 19.8 Å². The molecule has 122 valence electrons. The predicted octanol–water partition coefficient (Wildman–Crippen LogP) is 3.19. The van der Waals surface area contributed by atoms with E-state index in [4.69, 9.17) is 0 Å². The number of rotatable bonds is 4. The van der Waals surface area contributed by atoms with Gasteiger partial charge < -0.3 is 10.2 Å². The topological polar surface area (TPSA) is 45.2 Å². The Hall–Kier alpha value is -1.72. The van der Waals surface area contributed by atoms with Gasteiger partial charge in [-0.05, 0) is 62.9 Å². The fraction of sp³-hybridized carbons (Fsp3) is 0.444. The van der Waals surface area contributed by atoms with Crippen LogP contribution in [-0.4, -0.2) is 42.5 Å². The number of amides is 1. The summed E-state index contributed by atoms with van der Waals surface area (Å²) in [4.78, 5) is 19.3. The Morgan fingerprint density at radius 1 is 1.43 bits per heavy atom. The minimum atomic E-state index is -0.0138. The van der Waals surface area contributed by atoms with Gasteiger partial charge in [-0.15, -0.1) is 0 Å². The van der Waals surface area contributed by atoms with Gasteiger partial charge >= 0.3 is 0 Å². The van der Waals surface area contributed by atoms with Crippen LogP contribution in [0, 0.1) is 12.8 Å². The summed E-state index contributed by atoms with van der Waals surface area (Å²) in [5, 5.41) is 7.19. The highest BCUT2D eigenvalue weighted by Crippen LogP contribution is 2.21. The summed E-state index contributed by atoms with van der Waals surface area (Å²) in [6.07, 6.45) is 2.41. The molecular weight excluding hydrogens is 306 g/mol. The molecule has 1 N–H and O–H groups in total. The van der Waals surface area contributed by atoms with Crippen molar-refractivity contribution in [1.82, 2.24) is 15.2 Å². The first-order chi connectivity index (χ1) is 11.1. The first-order valence-corrected chi connectivity index (χ1v) is 9.04. The van der Waals surface area contributed by atoms with Crippen LogP contribution >= 0.6 is 11.3 Å². The molecule has 3 heterocycles. The number of carbonyl (C=O) groups excluding carboxylic acids is 1. The van der Waals surface area contributed by atoms with E-state index < -0.39 is 0 Å². The third-order valence-corrected chi connectivity index (χ3v) is 5.10. The molecule has 4 nitrogen and oxygen atoms in total. The molecule has 0 aliphatic carbocycles. The molecule has 1 aliphatic rings. The largest absolute Gasteiger partial charge is 0.352 e. The second-order valence-electron chi connectivity index (χ2n) is 6.32. The van der Waals surface area contributed by atoms with E-state index in [9.17, 15) is 4.79 Å². The zero-order chi connectivity index (χ0) is 16.2. The van der Waals surface area contributed by atoms with Gasteiger partial charge in [-0.25, -0.2) is 0 Å². The van der Waals surface area contributed by atoms with Crippen molar-refractivity contribution in [2.75, 3.05) is 26.7 Å². The van der Waals surface area contributed by atoms with Crippen molar-refractivity contribution >= 4 is 17.2 Å². The molecule has 1 aliphatic heterocycles. The van der Waals surface area contributed by atoms with Crippen LogP contribution in [0.5, 0.6) is 0 Å². The number of nitrogens with zero attached hydrogens (tertiary/aromatic N) is 2. The smallest absolute Gasteiger partial charge is 0.253 e. The number of aryl methyl sites for hydroxylation is 1. The standard InChI is InChI=1S/C18H23N3OS/c1-13-16(5-6-17(20-13)15-7-9-23-12-15)18(22)19-10-14-4-3-8-21(2)11-14/h5-7,9,12,14H,3-4,8,10-11H2,1-2H3,(H,19,22)/t14-/m1/s1. The summed E-state index contributed by atoms with van der Waals surface area (Å²) < 4.78 is 0. The van der Waals surface area contributed by atoms with E-state index in [1.54, 1.807) is 11.3 Å². The van der Waals surface area contributed by atoms with Crippen LogP contribution in [-0.2, 0) is 0 Å². The van der Waals surface area contributed by atoms with Gasteiger partial charge in [-0.1, -0.05) is 0 Å². The Balaban J connectivity index is 1.63. The number of likely N-dealkylation sites (tertiary alicyclic amines) is 1. The molecule has 0 bridgehead atoms. The molecule has 1 fully saturated rings. The number of aromatic nitrogens is 1. The molecule has 1 atom stereocenters. The van der Waals surface area contributed by atoms with Gasteiger partial charge in [0.25, 0.3) is 5.91 Å². The summed E-state index contributed by atoms with van der Waals surface area (Å²) in [5.74, 6) is 0.538. The van der Waals surface area contributed by atoms with E-state index in [2.05, 4.69) is 27.6 Å². The van der Waals surface area contributed by atoms with Crippen LogP contribution in [0.4, 0.5) is 0 Å². The minimum absolute atomic E-state index is 0.0138. The van der Waals surface area contributed by atoms with Crippen molar-refractivity contribution in [2.24, 2.45) is 5.92 Å². The molecule has 5 heteroatoms. The molecule has 23 heavy (non-hydrogen) atoms. The Labute approximate surface area is 141 Å². The Kier molecular flexibility index (Phi) is 5.08. The van der Waals surface area contributed by atoms with E-state index in [0.717, 1.165) is 36.6 Å². The van der Waals surface area contributed by atoms with Gasteiger partial charge in [0.1, 0.15) is 0 Å². The number of hydrogen-bond acceptors (Lipinski definition) is 4. The van der Waals surface area contributed by atoms with Gasteiger partial charge in [0, 0.05) is 24.0 Å². The summed E-state index contributed by atoms with van der Waals surface area (Å²) >= 11 is 1.65. The number of nitrogens with one attached hydrogen (secondary N) is 1. The zero-order valence-electron chi connectivity index (χ0n) is 13.7. The van der Waals surface area contributed by atoms with Crippen molar-refractivity contribution in [3.8, 4) is 11.3 Å². The first kappa shape index (κ1) is 16.1. The molecule has 1 saturated heterocycles. The lowest BCUT2D eigenvalue weighted by Gasteiger charge is -2.29. The van der Waals surface area contributed by atoms with Gasteiger partial charge in [0.2, 0.25) is 0 Å². The minimum Gasteiger partial charge on any atom is -0.352 e. The number of thiophene rings is 1. The molecule has 0 spiro atoms. The fourth-order valence-electron chi connectivity index (χ4n) is 3.14. The summed E-state index contributed by atoms with van der Waals surface area (Å²) in [5.41, 5.74) is 3.49. The maximum atomic E-state index is 12.4. The number of hydrogen-bond donors (Lipinski definition) is 1. The lowest BCUT2D eigenvalue weighted by atomic mass is 9.98. The van der Waals surface area contributed by atoms with Gasteiger partial charge in [-0.2, -0.15) is 11.3 Å². The maximum absolute atomic E-state index is 12.4. The molecule has 0 unspecified atom stereocenters. The molecule has 1 amide bonds. The van der Waals surface area contributed by atoms with Crippen molar-refractivity contribution < 1.29 is 4.79 Å². The number of piperidine rings is 1. The van der Waals surface area contributed by atoms with E-state index in [1.165, 1.54) is 12.8 Å². The predicted molar refractivity (Wildman–Crippen MR) is 94.8 cm³/mol. The van der Waals surface area contributed by atoms with Crippen molar-refractivity contribution in [3.63, 3.8) is 0 Å². The lowest BCUT2D eigenvalue weighted by molar-refractivity contribution is 0.0936. The third kappa shape index (κ3) is 3.98. The van der Waals surface area contributed by atoms with E-state index in [0.29, 0.717) is 11.5 Å². The lowest BCUT2D eigenvalue weighted by Crippen LogP contribution is -2.39. The highest BCUT2D eigenvalue weighted by molar-refractivity contribution is 7.08. The number of carbonyl (C=O) groups is 1. The monoisotopic (exact) mass is 329 g/mol. The van der Waals surface area contributed by atoms with Crippen LogP contribution in [0.3, 0.4) is 0 Å². The molecule has 0 radical (unpaired) electrons. The summed E-state index contributed by atoms with van der Waals surface area (Å²) in [7, 11) is 2.14. The average molecular weight is 329 g/mol. The second kappa shape index (κ2) is 7.23. The molecule has 3 rings (SSSR count). The Morgan fingerprint density at radius 3 is 3.00 bits per heavy atom. The van der Waals surface area contributed by atoms with Crippen LogP contribution in [0.25, 0.3) is 11.3 Å². The molecular formula is C18H23N3OS. The van der Waals surface area contributed by atoms with Crippen LogP contribution < -0.4 is 5.32 Å². The Morgan fingerprint density at radius 2 is 2.30 bits per heavy atom. The Bertz CT molecular complexity index is 669. The highest BCUT2D eigenvalue weighted by Gasteiger charge is 2.19. The quantitative estimate of drug-likeness (QED) is 0.937. The third-order valence-electron chi connectivity index (χ3n) is 4.42. The van der Waals surface area contributed by atoms with Gasteiger partial charge in [-0.3, -0.25) is 9.78 Å². The normalized spacial score (nSPS) is 18.8. The zero-order valence-corrected chi connectivity index (χ0v) is 14.5. The molecule has 2 aromatic heterocycles. The van der Waals surface area contributed by atoms with Crippen LogP contribution in [0.15, 0.2) is 29.0 Å². The molecule has 0 saturated carbocycles. The SMILES string of the molecule is Cc1nc(-c2ccsc2)ccc1C(=O)NC[C@H]1CCCN(C)C1. The van der Waals surface area contributed by atoms with E-state index in [-0.39, 0.29) is 5.91 Å². The number of pyridine rings is 1. The fourth-order valence-corrected chi connectivity index (χ4v) is 3.79. The summed E-state index contributed by atoms with van der Waals surface area (Å²) in [6.45, 7) is 4.88. The van der Waals surface area contributed by atoms with Crippen LogP contribution in [0.2, 0.25) is 0 Å². The van der Waals surface area contributed by atoms with Crippen molar-refractivity contribution in [3.05, 3.63) is 40.2 Å². The van der Waals surface area contributed by atoms with Crippen LogP contribution in [0.1, 0.15) is 28.9 Å². The van der Waals surface area contributed by atoms with Gasteiger partial charge in [0.15, 0.2) is 0 Å². The maximum Gasteiger partial charge on any atom is 0.253 e. The average Bonchev–Trinajstić information content (AvgIpc) is 3.07. The summed E-state index contributed by atoms with van der Waals surface area (Å²) in [6, 6.07) is 5.86.